The lowest BCUT2D eigenvalue weighted by Gasteiger charge is -2.17. The van der Waals surface area contributed by atoms with E-state index in [0.29, 0.717) is 51.9 Å². The molecule has 39 heavy (non-hydrogen) atoms. The number of anilines is 2. The molecule has 9 heteroatoms. The Morgan fingerprint density at radius 2 is 1.51 bits per heavy atom. The van der Waals surface area contributed by atoms with Crippen molar-refractivity contribution in [3.8, 4) is 16.9 Å². The number of aromatic nitrogens is 2. The molecule has 0 aliphatic rings. The Hall–Kier alpha value is -2.58. The minimum atomic E-state index is 0.143. The second-order valence-electron chi connectivity index (χ2n) is 10.1. The summed E-state index contributed by atoms with van der Waals surface area (Å²) in [6, 6.07) is 12.0. The van der Waals surface area contributed by atoms with Crippen LogP contribution in [0.4, 0.5) is 11.8 Å². The SMILES string of the molecule is Cc1cccc(C)c1OCC(C)NCCCCCCCCNCc1nc(N)nc(N)c1-c1cccc(Cl)c1Cl. The fourth-order valence-electron chi connectivity index (χ4n) is 4.60. The minimum Gasteiger partial charge on any atom is -0.491 e. The molecule has 3 aromatic rings. The molecule has 0 aliphatic heterocycles. The van der Waals surface area contributed by atoms with Crippen LogP contribution in [0.25, 0.3) is 11.1 Å². The Labute approximate surface area is 243 Å². The van der Waals surface area contributed by atoms with Gasteiger partial charge in [-0.2, -0.15) is 4.98 Å². The highest BCUT2D eigenvalue weighted by Crippen LogP contribution is 2.37. The molecule has 7 nitrogen and oxygen atoms in total. The summed E-state index contributed by atoms with van der Waals surface area (Å²) in [7, 11) is 0. The molecule has 6 N–H and O–H groups in total. The Kier molecular flexibility index (Phi) is 12.6. The maximum absolute atomic E-state index is 6.43. The number of rotatable bonds is 16. The molecule has 1 atom stereocenters. The lowest BCUT2D eigenvalue weighted by molar-refractivity contribution is 0.269. The van der Waals surface area contributed by atoms with Crippen LogP contribution in [0.15, 0.2) is 36.4 Å². The molecule has 1 aromatic heterocycles. The van der Waals surface area contributed by atoms with Crippen molar-refractivity contribution < 1.29 is 4.74 Å². The van der Waals surface area contributed by atoms with E-state index in [9.17, 15) is 0 Å². The molecule has 0 saturated heterocycles. The standard InChI is InChI=1S/C30H42Cl2N6O/c1-20-12-10-13-21(2)28(20)39-19-22(3)36-17-9-7-5-4-6-8-16-35-18-25-26(29(33)38-30(34)37-25)23-14-11-15-24(31)27(23)32/h10-15,22,35-36H,4-9,16-19H2,1-3H3,(H4,33,34,37,38). The van der Waals surface area contributed by atoms with E-state index in [1.165, 1.54) is 43.2 Å². The van der Waals surface area contributed by atoms with Gasteiger partial charge in [0.2, 0.25) is 5.95 Å². The van der Waals surface area contributed by atoms with Crippen molar-refractivity contribution in [1.82, 2.24) is 20.6 Å². The van der Waals surface area contributed by atoms with Gasteiger partial charge in [-0.3, -0.25) is 0 Å². The molecule has 1 unspecified atom stereocenters. The van der Waals surface area contributed by atoms with Crippen LogP contribution < -0.4 is 26.8 Å². The smallest absolute Gasteiger partial charge is 0.222 e. The lowest BCUT2D eigenvalue weighted by Crippen LogP contribution is -2.32. The number of unbranched alkanes of at least 4 members (excludes halogenated alkanes) is 5. The van der Waals surface area contributed by atoms with Crippen molar-refractivity contribution in [2.24, 2.45) is 0 Å². The van der Waals surface area contributed by atoms with Gasteiger partial charge >= 0.3 is 0 Å². The molecule has 212 valence electrons. The van der Waals surface area contributed by atoms with Crippen LogP contribution in [0.5, 0.6) is 5.75 Å². The van der Waals surface area contributed by atoms with Gasteiger partial charge in [0, 0.05) is 23.7 Å². The van der Waals surface area contributed by atoms with Crippen molar-refractivity contribution in [2.75, 3.05) is 31.2 Å². The highest BCUT2D eigenvalue weighted by Gasteiger charge is 2.17. The molecule has 0 spiro atoms. The van der Waals surface area contributed by atoms with Gasteiger partial charge in [0.05, 0.1) is 15.7 Å². The van der Waals surface area contributed by atoms with Gasteiger partial charge in [-0.15, -0.1) is 0 Å². The molecule has 3 rings (SSSR count). The van der Waals surface area contributed by atoms with Crippen molar-refractivity contribution in [2.45, 2.75) is 71.9 Å². The highest BCUT2D eigenvalue weighted by molar-refractivity contribution is 6.43. The van der Waals surface area contributed by atoms with E-state index in [2.05, 4.69) is 59.6 Å². The molecule has 0 amide bonds. The van der Waals surface area contributed by atoms with E-state index >= 15 is 0 Å². The van der Waals surface area contributed by atoms with E-state index in [4.69, 9.17) is 39.4 Å². The summed E-state index contributed by atoms with van der Waals surface area (Å²) in [6.45, 7) is 9.46. The first-order chi connectivity index (χ1) is 18.8. The molecule has 2 aromatic carbocycles. The Balaban J connectivity index is 1.28. The summed E-state index contributed by atoms with van der Waals surface area (Å²) in [6.07, 6.45) is 7.15. The first-order valence-corrected chi connectivity index (χ1v) is 14.5. The van der Waals surface area contributed by atoms with Crippen molar-refractivity contribution in [1.29, 1.82) is 0 Å². The normalized spacial score (nSPS) is 12.0. The third kappa shape index (κ3) is 9.53. The second kappa shape index (κ2) is 15.9. The van der Waals surface area contributed by atoms with Gasteiger partial charge in [-0.1, -0.05) is 79.2 Å². The topological polar surface area (TPSA) is 111 Å². The van der Waals surface area contributed by atoms with Gasteiger partial charge in [0.15, 0.2) is 0 Å². The number of nitrogen functional groups attached to an aromatic ring is 2. The first kappa shape index (κ1) is 31.0. The summed E-state index contributed by atoms with van der Waals surface area (Å²) in [5.74, 6) is 1.45. The fraction of sp³-hybridized carbons (Fsp3) is 0.467. The number of para-hydroxylation sites is 1. The van der Waals surface area contributed by atoms with Crippen LogP contribution in [0.2, 0.25) is 10.0 Å². The van der Waals surface area contributed by atoms with Gasteiger partial charge in [0.25, 0.3) is 0 Å². The van der Waals surface area contributed by atoms with Crippen LogP contribution in [0.1, 0.15) is 62.3 Å². The lowest BCUT2D eigenvalue weighted by atomic mass is 10.0. The number of nitrogens with one attached hydrogen (secondary N) is 2. The van der Waals surface area contributed by atoms with Crippen molar-refractivity contribution in [3.05, 3.63) is 63.3 Å². The van der Waals surface area contributed by atoms with Crippen molar-refractivity contribution in [3.63, 3.8) is 0 Å². The number of nitrogens with two attached hydrogens (primary N) is 2. The average Bonchev–Trinajstić information content (AvgIpc) is 2.89. The van der Waals surface area contributed by atoms with E-state index in [1.54, 1.807) is 6.07 Å². The number of hydrogen-bond donors (Lipinski definition) is 4. The second-order valence-corrected chi connectivity index (χ2v) is 10.9. The summed E-state index contributed by atoms with van der Waals surface area (Å²) in [5, 5.41) is 7.92. The zero-order valence-electron chi connectivity index (χ0n) is 23.3. The van der Waals surface area contributed by atoms with Crippen molar-refractivity contribution >= 4 is 35.0 Å². The molecule has 0 radical (unpaired) electrons. The third-order valence-corrected chi connectivity index (χ3v) is 7.52. The summed E-state index contributed by atoms with van der Waals surface area (Å²) >= 11 is 12.6. The van der Waals surface area contributed by atoms with E-state index in [1.807, 2.05) is 12.1 Å². The molecule has 0 aliphatic carbocycles. The predicted molar refractivity (Wildman–Crippen MR) is 165 cm³/mol. The number of benzene rings is 2. The Morgan fingerprint density at radius 3 is 2.23 bits per heavy atom. The van der Waals surface area contributed by atoms with E-state index in [0.717, 1.165) is 25.3 Å². The highest BCUT2D eigenvalue weighted by atomic mass is 35.5. The number of ether oxygens (including phenoxy) is 1. The number of aryl methyl sites for hydroxylation is 2. The van der Waals surface area contributed by atoms with Crippen LogP contribution in [0.3, 0.4) is 0 Å². The fourth-order valence-corrected chi connectivity index (χ4v) is 4.99. The molecular formula is C30H42Cl2N6O. The monoisotopic (exact) mass is 572 g/mol. The minimum absolute atomic E-state index is 0.143. The number of halogens is 2. The van der Waals surface area contributed by atoms with E-state index < -0.39 is 0 Å². The summed E-state index contributed by atoms with van der Waals surface area (Å²) in [5.41, 5.74) is 16.5. The first-order valence-electron chi connectivity index (χ1n) is 13.8. The quantitative estimate of drug-likeness (QED) is 0.141. The van der Waals surface area contributed by atoms with E-state index in [-0.39, 0.29) is 5.95 Å². The van der Waals surface area contributed by atoms with Gasteiger partial charge in [-0.25, -0.2) is 4.98 Å². The van der Waals surface area contributed by atoms with Gasteiger partial charge in [-0.05, 0) is 63.9 Å². The molecule has 0 bridgehead atoms. The Morgan fingerprint density at radius 1 is 0.872 bits per heavy atom. The van der Waals surface area contributed by atoms with Gasteiger partial charge < -0.3 is 26.8 Å². The zero-order chi connectivity index (χ0) is 28.2. The third-order valence-electron chi connectivity index (χ3n) is 6.70. The average molecular weight is 574 g/mol. The molecule has 0 saturated carbocycles. The molecule has 0 fully saturated rings. The van der Waals surface area contributed by atoms with Gasteiger partial charge in [0.1, 0.15) is 18.2 Å². The largest absolute Gasteiger partial charge is 0.491 e. The van der Waals surface area contributed by atoms with Crippen LogP contribution in [-0.2, 0) is 6.54 Å². The maximum atomic E-state index is 6.43. The maximum Gasteiger partial charge on any atom is 0.222 e. The summed E-state index contributed by atoms with van der Waals surface area (Å²) < 4.78 is 6.05. The zero-order valence-corrected chi connectivity index (χ0v) is 24.8. The van der Waals surface area contributed by atoms with Crippen LogP contribution in [0, 0.1) is 13.8 Å². The van der Waals surface area contributed by atoms with Crippen LogP contribution >= 0.6 is 23.2 Å². The number of hydrogen-bond acceptors (Lipinski definition) is 7. The molecular weight excluding hydrogens is 531 g/mol. The predicted octanol–water partition coefficient (Wildman–Crippen LogP) is 6.72. The van der Waals surface area contributed by atoms with Crippen LogP contribution in [-0.4, -0.2) is 35.7 Å². The number of nitrogens with zero attached hydrogens (tertiary/aromatic N) is 2. The molecule has 1 heterocycles. The summed E-state index contributed by atoms with van der Waals surface area (Å²) in [4.78, 5) is 8.53. The Bertz CT molecular complexity index is 1190.